The highest BCUT2D eigenvalue weighted by Crippen LogP contribution is 2.28. The number of para-hydroxylation sites is 1. The average molecular weight is 377 g/mol. The van der Waals surface area contributed by atoms with Crippen molar-refractivity contribution in [2.24, 2.45) is 7.05 Å². The van der Waals surface area contributed by atoms with E-state index in [1.807, 2.05) is 54.2 Å². The molecule has 0 radical (unpaired) electrons. The Balaban J connectivity index is 1.49. The number of aryl methyl sites for hydroxylation is 1. The molecule has 2 aromatic carbocycles. The molecule has 146 valence electrons. The standard InChI is InChI=1S/C23H28N4O/c1-25-14-13-20(17-25)26(2)15-19-16-27(3)24-23(19)18-9-11-22(12-10-18)28-21-7-5-4-6-8-21/h4-12,16,20H,13-15,17H2,1-3H3/t20-/m1/s1. The summed E-state index contributed by atoms with van der Waals surface area (Å²) in [5.74, 6) is 1.68. The van der Waals surface area contributed by atoms with Gasteiger partial charge < -0.3 is 9.64 Å². The Kier molecular flexibility index (Phi) is 5.46. The molecule has 5 nitrogen and oxygen atoms in total. The summed E-state index contributed by atoms with van der Waals surface area (Å²) in [7, 11) is 6.41. The molecule has 4 rings (SSSR count). The minimum absolute atomic E-state index is 0.611. The van der Waals surface area contributed by atoms with E-state index in [0.717, 1.165) is 35.8 Å². The SMILES string of the molecule is CN1CC[C@@H](N(C)Cc2cn(C)nc2-c2ccc(Oc3ccccc3)cc2)C1. The molecule has 0 N–H and O–H groups in total. The fourth-order valence-corrected chi connectivity index (χ4v) is 3.87. The van der Waals surface area contributed by atoms with Gasteiger partial charge in [-0.05, 0) is 63.5 Å². The third-order valence-electron chi connectivity index (χ3n) is 5.42. The Labute approximate surface area is 167 Å². The first-order valence-electron chi connectivity index (χ1n) is 9.83. The summed E-state index contributed by atoms with van der Waals surface area (Å²) in [5, 5.41) is 4.73. The van der Waals surface area contributed by atoms with E-state index in [-0.39, 0.29) is 0 Å². The maximum absolute atomic E-state index is 5.91. The molecule has 0 spiro atoms. The lowest BCUT2D eigenvalue weighted by atomic mass is 10.1. The van der Waals surface area contributed by atoms with Crippen LogP contribution in [-0.4, -0.2) is 52.8 Å². The Hall–Kier alpha value is -2.63. The number of hydrogen-bond donors (Lipinski definition) is 0. The molecule has 0 bridgehead atoms. The van der Waals surface area contributed by atoms with Crippen molar-refractivity contribution >= 4 is 0 Å². The Morgan fingerprint density at radius 1 is 1.04 bits per heavy atom. The monoisotopic (exact) mass is 376 g/mol. The lowest BCUT2D eigenvalue weighted by Crippen LogP contribution is -2.33. The van der Waals surface area contributed by atoms with E-state index < -0.39 is 0 Å². The van der Waals surface area contributed by atoms with E-state index in [9.17, 15) is 0 Å². The Bertz CT molecular complexity index is 904. The van der Waals surface area contributed by atoms with Crippen LogP contribution in [0.15, 0.2) is 60.8 Å². The van der Waals surface area contributed by atoms with Crippen LogP contribution in [0.3, 0.4) is 0 Å². The van der Waals surface area contributed by atoms with E-state index >= 15 is 0 Å². The molecule has 0 unspecified atom stereocenters. The van der Waals surface area contributed by atoms with Crippen molar-refractivity contribution in [3.05, 3.63) is 66.4 Å². The molecule has 3 aromatic rings. The smallest absolute Gasteiger partial charge is 0.127 e. The van der Waals surface area contributed by atoms with Crippen molar-refractivity contribution in [3.63, 3.8) is 0 Å². The second-order valence-corrected chi connectivity index (χ2v) is 7.74. The fourth-order valence-electron chi connectivity index (χ4n) is 3.87. The third-order valence-corrected chi connectivity index (χ3v) is 5.42. The molecule has 1 aliphatic heterocycles. The van der Waals surface area contributed by atoms with Crippen LogP contribution in [0.5, 0.6) is 11.5 Å². The molecule has 1 aromatic heterocycles. The summed E-state index contributed by atoms with van der Waals surface area (Å²) in [6.07, 6.45) is 3.37. The average Bonchev–Trinajstić information content (AvgIpc) is 3.29. The van der Waals surface area contributed by atoms with E-state index in [4.69, 9.17) is 9.84 Å². The number of ether oxygens (including phenoxy) is 1. The predicted molar refractivity (Wildman–Crippen MR) is 113 cm³/mol. The molecule has 1 fully saturated rings. The molecule has 1 atom stereocenters. The van der Waals surface area contributed by atoms with Crippen LogP contribution in [0.1, 0.15) is 12.0 Å². The van der Waals surface area contributed by atoms with Crippen LogP contribution >= 0.6 is 0 Å². The van der Waals surface area contributed by atoms with Gasteiger partial charge in [0.25, 0.3) is 0 Å². The molecular weight excluding hydrogens is 348 g/mol. The van der Waals surface area contributed by atoms with Gasteiger partial charge in [-0.15, -0.1) is 0 Å². The van der Waals surface area contributed by atoms with Gasteiger partial charge in [0.05, 0.1) is 5.69 Å². The van der Waals surface area contributed by atoms with Crippen molar-refractivity contribution in [1.82, 2.24) is 19.6 Å². The highest BCUT2D eigenvalue weighted by atomic mass is 16.5. The second-order valence-electron chi connectivity index (χ2n) is 7.74. The molecule has 0 amide bonds. The number of hydrogen-bond acceptors (Lipinski definition) is 4. The zero-order valence-corrected chi connectivity index (χ0v) is 16.9. The number of nitrogens with zero attached hydrogens (tertiary/aromatic N) is 4. The third kappa shape index (κ3) is 4.26. The van der Waals surface area contributed by atoms with Gasteiger partial charge in [-0.1, -0.05) is 18.2 Å². The second kappa shape index (κ2) is 8.17. The summed E-state index contributed by atoms with van der Waals surface area (Å²) in [6.45, 7) is 3.22. The molecule has 5 heteroatoms. The van der Waals surface area contributed by atoms with Crippen LogP contribution < -0.4 is 4.74 Å². The summed E-state index contributed by atoms with van der Waals surface area (Å²) in [6, 6.07) is 18.7. The van der Waals surface area contributed by atoms with Gasteiger partial charge in [-0.25, -0.2) is 0 Å². The Morgan fingerprint density at radius 2 is 1.75 bits per heavy atom. The van der Waals surface area contributed by atoms with Gasteiger partial charge >= 0.3 is 0 Å². The van der Waals surface area contributed by atoms with Gasteiger partial charge in [0.15, 0.2) is 0 Å². The zero-order valence-electron chi connectivity index (χ0n) is 16.9. The van der Waals surface area contributed by atoms with E-state index in [0.29, 0.717) is 6.04 Å². The van der Waals surface area contributed by atoms with Crippen LogP contribution in [0, 0.1) is 0 Å². The van der Waals surface area contributed by atoms with Gasteiger partial charge in [0, 0.05) is 43.5 Å². The van der Waals surface area contributed by atoms with Crippen molar-refractivity contribution < 1.29 is 4.74 Å². The van der Waals surface area contributed by atoms with Gasteiger partial charge in [-0.2, -0.15) is 5.10 Å². The largest absolute Gasteiger partial charge is 0.457 e. The minimum Gasteiger partial charge on any atom is -0.457 e. The summed E-state index contributed by atoms with van der Waals surface area (Å²) < 4.78 is 7.82. The zero-order chi connectivity index (χ0) is 19.5. The van der Waals surface area contributed by atoms with Crippen molar-refractivity contribution in [2.45, 2.75) is 19.0 Å². The quantitative estimate of drug-likeness (QED) is 0.651. The molecule has 28 heavy (non-hydrogen) atoms. The topological polar surface area (TPSA) is 33.5 Å². The van der Waals surface area contributed by atoms with Crippen molar-refractivity contribution in [3.8, 4) is 22.8 Å². The number of likely N-dealkylation sites (N-methyl/N-ethyl adjacent to an activating group) is 2. The molecule has 2 heterocycles. The number of rotatable bonds is 6. The summed E-state index contributed by atoms with van der Waals surface area (Å²) in [4.78, 5) is 4.85. The number of aromatic nitrogens is 2. The van der Waals surface area contributed by atoms with Gasteiger partial charge in [0.2, 0.25) is 0 Å². The first-order chi connectivity index (χ1) is 13.6. The maximum atomic E-state index is 5.91. The molecule has 1 saturated heterocycles. The van der Waals surface area contributed by atoms with Gasteiger partial charge in [-0.3, -0.25) is 9.58 Å². The van der Waals surface area contributed by atoms with Crippen LogP contribution in [0.4, 0.5) is 0 Å². The van der Waals surface area contributed by atoms with Crippen LogP contribution in [-0.2, 0) is 13.6 Å². The van der Waals surface area contributed by atoms with Gasteiger partial charge in [0.1, 0.15) is 11.5 Å². The lowest BCUT2D eigenvalue weighted by molar-refractivity contribution is 0.234. The minimum atomic E-state index is 0.611. The predicted octanol–water partition coefficient (Wildman–Crippen LogP) is 4.02. The highest BCUT2D eigenvalue weighted by Gasteiger charge is 2.24. The fraction of sp³-hybridized carbons (Fsp3) is 0.348. The number of likely N-dealkylation sites (tertiary alicyclic amines) is 1. The summed E-state index contributed by atoms with van der Waals surface area (Å²) in [5.41, 5.74) is 3.43. The molecule has 0 aliphatic carbocycles. The molecule has 1 aliphatic rings. The van der Waals surface area contributed by atoms with E-state index in [1.54, 1.807) is 0 Å². The summed E-state index contributed by atoms with van der Waals surface area (Å²) >= 11 is 0. The first kappa shape index (κ1) is 18.7. The van der Waals surface area contributed by atoms with E-state index in [2.05, 4.69) is 42.2 Å². The normalized spacial score (nSPS) is 17.4. The first-order valence-corrected chi connectivity index (χ1v) is 9.83. The lowest BCUT2D eigenvalue weighted by Gasteiger charge is -2.24. The molecular formula is C23H28N4O. The number of benzene rings is 2. The van der Waals surface area contributed by atoms with E-state index in [1.165, 1.54) is 18.5 Å². The van der Waals surface area contributed by atoms with Crippen LogP contribution in [0.25, 0.3) is 11.3 Å². The Morgan fingerprint density at radius 3 is 2.43 bits per heavy atom. The maximum Gasteiger partial charge on any atom is 0.127 e. The molecule has 0 saturated carbocycles. The van der Waals surface area contributed by atoms with Crippen molar-refractivity contribution in [2.75, 3.05) is 27.2 Å². The highest BCUT2D eigenvalue weighted by molar-refractivity contribution is 5.63. The van der Waals surface area contributed by atoms with Crippen LogP contribution in [0.2, 0.25) is 0 Å². The van der Waals surface area contributed by atoms with Crippen molar-refractivity contribution in [1.29, 1.82) is 0 Å².